The van der Waals surface area contributed by atoms with E-state index in [1.165, 1.54) is 5.70 Å². The largest absolute Gasteiger partial charge is 0.381 e. The van der Waals surface area contributed by atoms with Crippen molar-refractivity contribution in [1.82, 2.24) is 10.6 Å². The zero-order valence-electron chi connectivity index (χ0n) is 5.67. The SMILES string of the molecule is C1=CCC2NC=CNC2=C1. The van der Waals surface area contributed by atoms with Gasteiger partial charge in [0.2, 0.25) is 0 Å². The third-order valence-electron chi connectivity index (χ3n) is 1.79. The van der Waals surface area contributed by atoms with Crippen LogP contribution in [0.15, 0.2) is 36.3 Å². The molecule has 0 fully saturated rings. The van der Waals surface area contributed by atoms with Crippen molar-refractivity contribution in [2.24, 2.45) is 0 Å². The van der Waals surface area contributed by atoms with Crippen molar-refractivity contribution in [3.05, 3.63) is 36.3 Å². The van der Waals surface area contributed by atoms with E-state index in [0.29, 0.717) is 6.04 Å². The third-order valence-corrected chi connectivity index (χ3v) is 1.79. The molecule has 1 atom stereocenters. The van der Waals surface area contributed by atoms with E-state index in [2.05, 4.69) is 28.9 Å². The van der Waals surface area contributed by atoms with Gasteiger partial charge in [0.05, 0.1) is 6.04 Å². The van der Waals surface area contributed by atoms with Crippen molar-refractivity contribution in [1.29, 1.82) is 0 Å². The summed E-state index contributed by atoms with van der Waals surface area (Å²) in [5, 5.41) is 6.45. The van der Waals surface area contributed by atoms with Gasteiger partial charge in [-0.05, 0) is 12.5 Å². The van der Waals surface area contributed by atoms with E-state index >= 15 is 0 Å². The van der Waals surface area contributed by atoms with Crippen molar-refractivity contribution in [2.45, 2.75) is 12.5 Å². The monoisotopic (exact) mass is 134 g/mol. The molecule has 1 aliphatic heterocycles. The Hall–Kier alpha value is -1.18. The lowest BCUT2D eigenvalue weighted by atomic mass is 10.0. The van der Waals surface area contributed by atoms with Gasteiger partial charge in [-0.15, -0.1) is 0 Å². The van der Waals surface area contributed by atoms with E-state index in [1.54, 1.807) is 0 Å². The fraction of sp³-hybridized carbons (Fsp3) is 0.250. The van der Waals surface area contributed by atoms with Crippen molar-refractivity contribution in [2.75, 3.05) is 0 Å². The summed E-state index contributed by atoms with van der Waals surface area (Å²) in [7, 11) is 0. The Balaban J connectivity index is 2.23. The lowest BCUT2D eigenvalue weighted by molar-refractivity contribution is 0.611. The molecule has 2 rings (SSSR count). The maximum Gasteiger partial charge on any atom is 0.0692 e. The van der Waals surface area contributed by atoms with Crippen molar-refractivity contribution in [3.8, 4) is 0 Å². The molecule has 0 aromatic carbocycles. The van der Waals surface area contributed by atoms with Gasteiger partial charge < -0.3 is 10.6 Å². The Bertz CT molecular complexity index is 213. The van der Waals surface area contributed by atoms with Gasteiger partial charge in [0.1, 0.15) is 0 Å². The quantitative estimate of drug-likeness (QED) is 0.513. The van der Waals surface area contributed by atoms with Crippen LogP contribution in [0.1, 0.15) is 6.42 Å². The van der Waals surface area contributed by atoms with Crippen molar-refractivity contribution >= 4 is 0 Å². The van der Waals surface area contributed by atoms with Crippen LogP contribution in [0.25, 0.3) is 0 Å². The molecule has 0 saturated heterocycles. The first-order valence-electron chi connectivity index (χ1n) is 3.51. The second kappa shape index (κ2) is 2.21. The molecule has 1 heterocycles. The number of fused-ring (bicyclic) bond motifs is 1. The first-order valence-corrected chi connectivity index (χ1v) is 3.51. The van der Waals surface area contributed by atoms with Crippen LogP contribution in [0, 0.1) is 0 Å². The highest BCUT2D eigenvalue weighted by Crippen LogP contribution is 2.12. The van der Waals surface area contributed by atoms with Gasteiger partial charge in [-0.25, -0.2) is 0 Å². The summed E-state index contributed by atoms with van der Waals surface area (Å²) in [4.78, 5) is 0. The third kappa shape index (κ3) is 0.817. The Morgan fingerprint density at radius 3 is 3.30 bits per heavy atom. The van der Waals surface area contributed by atoms with Crippen LogP contribution >= 0.6 is 0 Å². The molecular weight excluding hydrogens is 124 g/mol. The van der Waals surface area contributed by atoms with Crippen LogP contribution < -0.4 is 10.6 Å². The summed E-state index contributed by atoms with van der Waals surface area (Å²) in [6, 6.07) is 0.481. The van der Waals surface area contributed by atoms with E-state index in [9.17, 15) is 0 Å². The van der Waals surface area contributed by atoms with Gasteiger partial charge in [-0.1, -0.05) is 12.2 Å². The van der Waals surface area contributed by atoms with E-state index in [4.69, 9.17) is 0 Å². The molecule has 52 valence electrons. The zero-order valence-corrected chi connectivity index (χ0v) is 5.67. The highest BCUT2D eigenvalue weighted by atomic mass is 15.0. The number of hydrogen-bond acceptors (Lipinski definition) is 2. The fourth-order valence-electron chi connectivity index (χ4n) is 1.24. The molecule has 0 aromatic rings. The summed E-state index contributed by atoms with van der Waals surface area (Å²) in [5.74, 6) is 0. The van der Waals surface area contributed by atoms with Gasteiger partial charge in [0.15, 0.2) is 0 Å². The fourth-order valence-corrected chi connectivity index (χ4v) is 1.24. The Morgan fingerprint density at radius 2 is 2.40 bits per heavy atom. The van der Waals surface area contributed by atoms with Crippen molar-refractivity contribution < 1.29 is 0 Å². The minimum atomic E-state index is 0.481. The Labute approximate surface area is 60.3 Å². The van der Waals surface area contributed by atoms with E-state index in [0.717, 1.165) is 6.42 Å². The lowest BCUT2D eigenvalue weighted by Crippen LogP contribution is -2.36. The predicted molar refractivity (Wildman–Crippen MR) is 41.0 cm³/mol. The Kier molecular flexibility index (Phi) is 1.24. The molecule has 0 amide bonds. The lowest BCUT2D eigenvalue weighted by Gasteiger charge is -2.25. The average Bonchev–Trinajstić information content (AvgIpc) is 2.05. The maximum atomic E-state index is 3.26. The molecule has 1 unspecified atom stereocenters. The standard InChI is InChI=1S/C8H10N2/c1-2-4-8-7(3-1)9-5-6-10-8/h1-3,5-6,8-10H,4H2. The zero-order chi connectivity index (χ0) is 6.81. The molecule has 2 nitrogen and oxygen atoms in total. The highest BCUT2D eigenvalue weighted by molar-refractivity contribution is 5.26. The maximum absolute atomic E-state index is 3.26. The first kappa shape index (κ1) is 5.59. The first-order chi connectivity index (χ1) is 4.97. The molecule has 0 aromatic heterocycles. The molecule has 2 aliphatic rings. The number of nitrogens with one attached hydrogen (secondary N) is 2. The predicted octanol–water partition coefficient (Wildman–Crippen LogP) is 0.863. The van der Waals surface area contributed by atoms with Crippen LogP contribution in [0.2, 0.25) is 0 Å². The van der Waals surface area contributed by atoms with Gasteiger partial charge in [0.25, 0.3) is 0 Å². The number of allylic oxidation sites excluding steroid dienone is 2. The van der Waals surface area contributed by atoms with Gasteiger partial charge >= 0.3 is 0 Å². The molecule has 2 heteroatoms. The molecule has 0 saturated carbocycles. The molecule has 0 bridgehead atoms. The van der Waals surface area contributed by atoms with Crippen LogP contribution in [0.5, 0.6) is 0 Å². The van der Waals surface area contributed by atoms with Crippen LogP contribution in [-0.4, -0.2) is 6.04 Å². The van der Waals surface area contributed by atoms with Crippen molar-refractivity contribution in [3.63, 3.8) is 0 Å². The molecule has 0 spiro atoms. The summed E-state index contributed by atoms with van der Waals surface area (Å²) >= 11 is 0. The normalized spacial score (nSPS) is 28.0. The number of hydrogen-bond donors (Lipinski definition) is 2. The van der Waals surface area contributed by atoms with Crippen LogP contribution in [0.3, 0.4) is 0 Å². The van der Waals surface area contributed by atoms with Gasteiger partial charge in [-0.2, -0.15) is 0 Å². The van der Waals surface area contributed by atoms with E-state index in [1.807, 2.05) is 12.4 Å². The van der Waals surface area contributed by atoms with Crippen LogP contribution in [0.4, 0.5) is 0 Å². The Morgan fingerprint density at radius 1 is 1.40 bits per heavy atom. The molecular formula is C8H10N2. The molecule has 2 N–H and O–H groups in total. The van der Waals surface area contributed by atoms with Gasteiger partial charge in [-0.3, -0.25) is 0 Å². The minimum Gasteiger partial charge on any atom is -0.381 e. The van der Waals surface area contributed by atoms with E-state index < -0.39 is 0 Å². The summed E-state index contributed by atoms with van der Waals surface area (Å²) < 4.78 is 0. The summed E-state index contributed by atoms with van der Waals surface area (Å²) in [5.41, 5.74) is 1.27. The second-order valence-electron chi connectivity index (χ2n) is 2.48. The van der Waals surface area contributed by atoms with E-state index in [-0.39, 0.29) is 0 Å². The second-order valence-corrected chi connectivity index (χ2v) is 2.48. The highest BCUT2D eigenvalue weighted by Gasteiger charge is 2.13. The smallest absolute Gasteiger partial charge is 0.0692 e. The minimum absolute atomic E-state index is 0.481. The molecule has 1 aliphatic carbocycles. The topological polar surface area (TPSA) is 24.1 Å². The number of rotatable bonds is 0. The average molecular weight is 134 g/mol. The molecule has 10 heavy (non-hydrogen) atoms. The van der Waals surface area contributed by atoms with Crippen LogP contribution in [-0.2, 0) is 0 Å². The van der Waals surface area contributed by atoms with Gasteiger partial charge in [0, 0.05) is 18.1 Å². The summed E-state index contributed by atoms with van der Waals surface area (Å²) in [6.07, 6.45) is 11.3. The summed E-state index contributed by atoms with van der Waals surface area (Å²) in [6.45, 7) is 0. The molecule has 0 radical (unpaired) electrons.